The predicted octanol–water partition coefficient (Wildman–Crippen LogP) is 4.47. The maximum Gasteiger partial charge on any atom is 0.246 e. The van der Waals surface area contributed by atoms with Crippen molar-refractivity contribution in [1.82, 2.24) is 19.8 Å². The average Bonchev–Trinajstić information content (AvgIpc) is 2.99. The summed E-state index contributed by atoms with van der Waals surface area (Å²) in [4.78, 5) is 25.3. The monoisotopic (exact) mass is 600 g/mol. The summed E-state index contributed by atoms with van der Waals surface area (Å²) in [6.07, 6.45) is 3.44. The van der Waals surface area contributed by atoms with Crippen LogP contribution in [0.3, 0.4) is 0 Å². The molecule has 11 nitrogen and oxygen atoms in total. The van der Waals surface area contributed by atoms with Crippen LogP contribution in [0.1, 0.15) is 54.3 Å². The summed E-state index contributed by atoms with van der Waals surface area (Å²) < 4.78 is 22.8. The molecule has 12 heteroatoms. The lowest BCUT2D eigenvalue weighted by atomic mass is 9.95. The Morgan fingerprint density at radius 3 is 2.70 bits per heavy atom. The summed E-state index contributed by atoms with van der Waals surface area (Å²) in [7, 11) is 0. The number of carbonyl (C=O) groups excluding carboxylic acids is 1. The number of fused-ring (bicyclic) bond motifs is 2. The molecule has 3 unspecified atom stereocenters. The molecule has 1 amide bonds. The predicted molar refractivity (Wildman–Crippen MR) is 168 cm³/mol. The van der Waals surface area contributed by atoms with Gasteiger partial charge in [0.2, 0.25) is 5.91 Å². The number of aliphatic hydroxyl groups excluding tert-OH is 1. The number of aromatic nitrogens is 2. The molecular weight excluding hydrogens is 563 g/mol. The highest BCUT2D eigenvalue weighted by Gasteiger charge is 2.39. The second kappa shape index (κ2) is 12.0. The smallest absolute Gasteiger partial charge is 0.246 e. The van der Waals surface area contributed by atoms with E-state index in [0.717, 1.165) is 11.8 Å². The van der Waals surface area contributed by atoms with E-state index < -0.39 is 11.9 Å². The fourth-order valence-corrected chi connectivity index (χ4v) is 5.97. The number of halogens is 1. The number of carbonyl (C=O) groups is 1. The highest BCUT2D eigenvalue weighted by atomic mass is 19.1. The standard InChI is InChI=1S/C32H37FN8O3/c1-6-23(43)40-15-20-10-12-44-30-25(31(36)41(20)14-18(40)4)32(38-27-17(3)9-11-37-28(27)19(5)42)39-29(26(30)33)24-16(2)7-8-22(35)21(24)13-34/h6-9,11,13,18-20,34,36,42H,1,10,12,14-15,35H2,2-5H3,(H,38,39). The van der Waals surface area contributed by atoms with Crippen LogP contribution in [0.2, 0.25) is 0 Å². The van der Waals surface area contributed by atoms with Crippen LogP contribution in [0.5, 0.6) is 5.75 Å². The maximum absolute atomic E-state index is 16.7. The number of ether oxygens (including phenoxy) is 1. The normalized spacial score (nSPS) is 18.7. The van der Waals surface area contributed by atoms with Gasteiger partial charge in [0.15, 0.2) is 11.6 Å². The molecular formula is C32H37FN8O3. The lowest BCUT2D eigenvalue weighted by Gasteiger charge is -2.47. The minimum Gasteiger partial charge on any atom is -0.489 e. The number of pyridine rings is 2. The number of nitrogen functional groups attached to an aromatic ring is 1. The Morgan fingerprint density at radius 1 is 1.27 bits per heavy atom. The van der Waals surface area contributed by atoms with Gasteiger partial charge in [-0.2, -0.15) is 0 Å². The number of amides is 1. The van der Waals surface area contributed by atoms with Crippen LogP contribution in [-0.2, 0) is 4.79 Å². The van der Waals surface area contributed by atoms with E-state index in [1.165, 1.54) is 6.08 Å². The number of anilines is 3. The quantitative estimate of drug-likeness (QED) is 0.157. The van der Waals surface area contributed by atoms with Gasteiger partial charge in [0, 0.05) is 54.8 Å². The maximum atomic E-state index is 16.7. The first kappa shape index (κ1) is 30.6. The minimum absolute atomic E-state index is 0.0144. The van der Waals surface area contributed by atoms with Crippen LogP contribution in [0, 0.1) is 30.5 Å². The Balaban J connectivity index is 1.75. The lowest BCUT2D eigenvalue weighted by molar-refractivity contribution is -0.131. The third-order valence-corrected chi connectivity index (χ3v) is 8.31. The molecule has 0 saturated carbocycles. The topological polar surface area (TPSA) is 165 Å². The Hall–Kier alpha value is -4.84. The molecule has 1 fully saturated rings. The van der Waals surface area contributed by atoms with E-state index in [1.807, 2.05) is 18.7 Å². The van der Waals surface area contributed by atoms with Gasteiger partial charge in [-0.05, 0) is 57.0 Å². The van der Waals surface area contributed by atoms with E-state index >= 15 is 4.39 Å². The third-order valence-electron chi connectivity index (χ3n) is 8.31. The third kappa shape index (κ3) is 5.25. The fourth-order valence-electron chi connectivity index (χ4n) is 5.97. The molecule has 2 aliphatic rings. The lowest BCUT2D eigenvalue weighted by Crippen LogP contribution is -2.61. The number of rotatable bonds is 6. The van der Waals surface area contributed by atoms with Gasteiger partial charge in [-0.3, -0.25) is 15.2 Å². The summed E-state index contributed by atoms with van der Waals surface area (Å²) in [5, 5.41) is 31.2. The highest BCUT2D eigenvalue weighted by molar-refractivity contribution is 6.06. The van der Waals surface area contributed by atoms with Gasteiger partial charge in [0.1, 0.15) is 22.9 Å². The molecule has 230 valence electrons. The largest absolute Gasteiger partial charge is 0.489 e. The number of nitrogens with zero attached hydrogens (tertiary/aromatic N) is 4. The number of piperazine rings is 1. The summed E-state index contributed by atoms with van der Waals surface area (Å²) in [5.41, 5.74) is 9.36. The fraction of sp³-hybridized carbons (Fsp3) is 0.344. The van der Waals surface area contributed by atoms with E-state index in [9.17, 15) is 15.3 Å². The number of hydrogen-bond donors (Lipinski definition) is 5. The van der Waals surface area contributed by atoms with Crippen LogP contribution in [0.25, 0.3) is 11.3 Å². The number of benzene rings is 1. The Bertz CT molecular complexity index is 1670. The number of hydrogen-bond acceptors (Lipinski definition) is 9. The molecule has 0 spiro atoms. The van der Waals surface area contributed by atoms with E-state index in [-0.39, 0.29) is 53.3 Å². The van der Waals surface area contributed by atoms with Gasteiger partial charge in [-0.15, -0.1) is 0 Å². The van der Waals surface area contributed by atoms with Crippen molar-refractivity contribution in [3.8, 4) is 17.0 Å². The van der Waals surface area contributed by atoms with Gasteiger partial charge < -0.3 is 36.1 Å². The van der Waals surface area contributed by atoms with E-state index in [4.69, 9.17) is 20.9 Å². The molecule has 0 bridgehead atoms. The molecule has 1 aromatic carbocycles. The Kier molecular flexibility index (Phi) is 8.38. The molecule has 4 heterocycles. The molecule has 6 N–H and O–H groups in total. The van der Waals surface area contributed by atoms with Crippen LogP contribution in [0.15, 0.2) is 37.1 Å². The first-order valence-electron chi connectivity index (χ1n) is 14.4. The van der Waals surface area contributed by atoms with Crippen molar-refractivity contribution in [3.63, 3.8) is 0 Å². The molecule has 3 aromatic rings. The molecule has 44 heavy (non-hydrogen) atoms. The summed E-state index contributed by atoms with van der Waals surface area (Å²) in [5.74, 6) is -1.02. The van der Waals surface area contributed by atoms with Crippen molar-refractivity contribution in [2.24, 2.45) is 0 Å². The Labute approximate surface area is 255 Å². The van der Waals surface area contributed by atoms with Crippen molar-refractivity contribution >= 4 is 35.2 Å². The molecule has 0 aliphatic carbocycles. The first-order chi connectivity index (χ1) is 21.0. The zero-order valence-corrected chi connectivity index (χ0v) is 25.2. The molecule has 2 aromatic heterocycles. The number of amidine groups is 1. The van der Waals surface area contributed by atoms with Gasteiger partial charge in [0.25, 0.3) is 0 Å². The molecule has 0 radical (unpaired) electrons. The average molecular weight is 601 g/mol. The molecule has 5 rings (SSSR count). The van der Waals surface area contributed by atoms with Crippen LogP contribution < -0.4 is 15.8 Å². The molecule has 3 atom stereocenters. The van der Waals surface area contributed by atoms with Crippen LogP contribution >= 0.6 is 0 Å². The zero-order valence-electron chi connectivity index (χ0n) is 25.2. The zero-order chi connectivity index (χ0) is 31.9. The highest BCUT2D eigenvalue weighted by Crippen LogP contribution is 2.42. The molecule has 1 saturated heterocycles. The summed E-state index contributed by atoms with van der Waals surface area (Å²) in [6, 6.07) is 4.66. The van der Waals surface area contributed by atoms with Crippen molar-refractivity contribution in [2.45, 2.75) is 52.3 Å². The van der Waals surface area contributed by atoms with Gasteiger partial charge in [-0.1, -0.05) is 12.6 Å². The SMILES string of the molecule is C=CC(=O)N1CC2CCOc3c(F)c(-c4c(C)ccc(N)c4C=N)nc(Nc4c(C)ccnc4C(C)O)c3C(=N)N2CC1C. The van der Waals surface area contributed by atoms with Gasteiger partial charge in [0.05, 0.1) is 30.1 Å². The summed E-state index contributed by atoms with van der Waals surface area (Å²) in [6.45, 7) is 11.5. The van der Waals surface area contributed by atoms with E-state index in [2.05, 4.69) is 16.9 Å². The second-order valence-corrected chi connectivity index (χ2v) is 11.3. The van der Waals surface area contributed by atoms with Crippen LogP contribution in [0.4, 0.5) is 21.6 Å². The number of aryl methyl sites for hydroxylation is 2. The van der Waals surface area contributed by atoms with E-state index in [0.29, 0.717) is 53.3 Å². The first-order valence-corrected chi connectivity index (χ1v) is 14.4. The van der Waals surface area contributed by atoms with Crippen molar-refractivity contribution in [1.29, 1.82) is 10.8 Å². The summed E-state index contributed by atoms with van der Waals surface area (Å²) >= 11 is 0. The van der Waals surface area contributed by atoms with Gasteiger partial charge in [-0.25, -0.2) is 9.37 Å². The minimum atomic E-state index is -0.934. The van der Waals surface area contributed by atoms with Crippen LogP contribution in [-0.4, -0.2) is 74.6 Å². The number of aliphatic hydroxyl groups is 1. The van der Waals surface area contributed by atoms with Crippen molar-refractivity contribution in [2.75, 3.05) is 30.7 Å². The Morgan fingerprint density at radius 2 is 2.02 bits per heavy atom. The number of nitrogens with two attached hydrogens (primary N) is 1. The number of nitrogens with one attached hydrogen (secondary N) is 3. The molecule has 2 aliphatic heterocycles. The van der Waals surface area contributed by atoms with E-state index in [1.54, 1.807) is 43.1 Å². The van der Waals surface area contributed by atoms with Crippen molar-refractivity contribution < 1.29 is 19.0 Å². The van der Waals surface area contributed by atoms with Crippen molar-refractivity contribution in [3.05, 3.63) is 70.8 Å². The van der Waals surface area contributed by atoms with Gasteiger partial charge >= 0.3 is 0 Å². The second-order valence-electron chi connectivity index (χ2n) is 11.3.